The van der Waals surface area contributed by atoms with Crippen molar-refractivity contribution in [2.45, 2.75) is 6.54 Å². The van der Waals surface area contributed by atoms with Gasteiger partial charge >= 0.3 is 0 Å². The molecule has 2 rings (SSSR count). The Morgan fingerprint density at radius 3 is 2.50 bits per heavy atom. The second-order valence-electron chi connectivity index (χ2n) is 4.39. The maximum Gasteiger partial charge on any atom is 0.211 e. The van der Waals surface area contributed by atoms with Gasteiger partial charge in [0.2, 0.25) is 10.0 Å². The van der Waals surface area contributed by atoms with Gasteiger partial charge in [-0.05, 0) is 12.1 Å². The molecule has 1 aliphatic heterocycles. The quantitative estimate of drug-likeness (QED) is 0.773. The van der Waals surface area contributed by atoms with Crippen LogP contribution in [0.1, 0.15) is 5.69 Å². The molecule has 0 aliphatic carbocycles. The number of hydrogen-bond acceptors (Lipinski definition) is 4. The third-order valence-corrected chi connectivity index (χ3v) is 4.47. The van der Waals surface area contributed by atoms with E-state index in [1.54, 1.807) is 6.07 Å². The molecule has 0 aromatic carbocycles. The Bertz CT molecular complexity index is 513. The van der Waals surface area contributed by atoms with E-state index in [9.17, 15) is 8.42 Å². The van der Waals surface area contributed by atoms with E-state index in [2.05, 4.69) is 9.88 Å². The Kier molecular flexibility index (Phi) is 4.21. The predicted molar refractivity (Wildman–Crippen MR) is 70.9 cm³/mol. The first-order valence-electron chi connectivity index (χ1n) is 5.74. The van der Waals surface area contributed by atoms with Crippen LogP contribution in [-0.4, -0.2) is 55.0 Å². The summed E-state index contributed by atoms with van der Waals surface area (Å²) in [7, 11) is -3.06. The van der Waals surface area contributed by atoms with Crippen molar-refractivity contribution in [3.63, 3.8) is 0 Å². The summed E-state index contributed by atoms with van der Waals surface area (Å²) < 4.78 is 24.3. The molecule has 100 valence electrons. The summed E-state index contributed by atoms with van der Waals surface area (Å²) in [5, 5.41) is 0.488. The molecule has 7 heteroatoms. The first-order valence-corrected chi connectivity index (χ1v) is 7.97. The van der Waals surface area contributed by atoms with Crippen molar-refractivity contribution >= 4 is 21.6 Å². The van der Waals surface area contributed by atoms with Crippen molar-refractivity contribution in [2.24, 2.45) is 0 Å². The van der Waals surface area contributed by atoms with Gasteiger partial charge in [0, 0.05) is 32.7 Å². The zero-order valence-electron chi connectivity index (χ0n) is 10.2. The molecule has 1 saturated heterocycles. The van der Waals surface area contributed by atoms with Gasteiger partial charge in [-0.2, -0.15) is 4.31 Å². The molecule has 0 unspecified atom stereocenters. The lowest BCUT2D eigenvalue weighted by atomic mass is 10.3. The minimum absolute atomic E-state index is 0.488. The van der Waals surface area contributed by atoms with Crippen LogP contribution < -0.4 is 0 Å². The number of piperazine rings is 1. The van der Waals surface area contributed by atoms with Gasteiger partial charge in [0.1, 0.15) is 5.15 Å². The summed E-state index contributed by atoms with van der Waals surface area (Å²) in [6, 6.07) is 5.54. The fraction of sp³-hybridized carbons (Fsp3) is 0.545. The van der Waals surface area contributed by atoms with Gasteiger partial charge < -0.3 is 0 Å². The van der Waals surface area contributed by atoms with Crippen LogP contribution in [0.4, 0.5) is 0 Å². The van der Waals surface area contributed by atoms with E-state index in [0.717, 1.165) is 18.8 Å². The van der Waals surface area contributed by atoms with E-state index in [1.807, 2.05) is 12.1 Å². The third kappa shape index (κ3) is 3.65. The van der Waals surface area contributed by atoms with Gasteiger partial charge in [-0.25, -0.2) is 13.4 Å². The summed E-state index contributed by atoms with van der Waals surface area (Å²) >= 11 is 5.83. The van der Waals surface area contributed by atoms with Crippen LogP contribution in [0.15, 0.2) is 18.2 Å². The lowest BCUT2D eigenvalue weighted by Gasteiger charge is -2.32. The predicted octanol–water partition coefficient (Wildman–Crippen LogP) is 0.812. The average Bonchev–Trinajstić information content (AvgIpc) is 2.28. The largest absolute Gasteiger partial charge is 0.295 e. The number of aromatic nitrogens is 1. The summed E-state index contributed by atoms with van der Waals surface area (Å²) in [5.74, 6) is 0. The van der Waals surface area contributed by atoms with E-state index in [1.165, 1.54) is 10.6 Å². The van der Waals surface area contributed by atoms with E-state index < -0.39 is 10.0 Å². The number of hydrogen-bond donors (Lipinski definition) is 0. The highest BCUT2D eigenvalue weighted by atomic mass is 35.5. The number of rotatable bonds is 3. The van der Waals surface area contributed by atoms with Crippen LogP contribution in [0.5, 0.6) is 0 Å². The Morgan fingerprint density at radius 1 is 1.28 bits per heavy atom. The van der Waals surface area contributed by atoms with Gasteiger partial charge in [0.05, 0.1) is 11.9 Å². The Morgan fingerprint density at radius 2 is 1.94 bits per heavy atom. The minimum Gasteiger partial charge on any atom is -0.295 e. The third-order valence-electron chi connectivity index (χ3n) is 2.96. The fourth-order valence-corrected chi connectivity index (χ4v) is 2.99. The maximum absolute atomic E-state index is 11.4. The molecule has 1 aromatic heterocycles. The molecule has 0 spiro atoms. The second-order valence-corrected chi connectivity index (χ2v) is 6.76. The van der Waals surface area contributed by atoms with Crippen molar-refractivity contribution in [2.75, 3.05) is 32.4 Å². The molecule has 0 atom stereocenters. The molecule has 0 bridgehead atoms. The van der Waals surface area contributed by atoms with E-state index >= 15 is 0 Å². The van der Waals surface area contributed by atoms with Crippen LogP contribution in [0.3, 0.4) is 0 Å². The summed E-state index contributed by atoms with van der Waals surface area (Å²) in [6.45, 7) is 3.24. The maximum atomic E-state index is 11.4. The molecule has 18 heavy (non-hydrogen) atoms. The lowest BCUT2D eigenvalue weighted by Crippen LogP contribution is -2.47. The highest BCUT2D eigenvalue weighted by molar-refractivity contribution is 7.88. The van der Waals surface area contributed by atoms with Crippen LogP contribution in [0, 0.1) is 0 Å². The number of sulfonamides is 1. The van der Waals surface area contributed by atoms with E-state index in [0.29, 0.717) is 24.8 Å². The molecule has 0 saturated carbocycles. The minimum atomic E-state index is -3.06. The number of halogens is 1. The van der Waals surface area contributed by atoms with Gasteiger partial charge in [0.25, 0.3) is 0 Å². The molecule has 2 heterocycles. The van der Waals surface area contributed by atoms with Crippen molar-refractivity contribution in [3.8, 4) is 0 Å². The molecular weight excluding hydrogens is 274 g/mol. The highest BCUT2D eigenvalue weighted by Gasteiger charge is 2.23. The summed E-state index contributed by atoms with van der Waals surface area (Å²) in [6.07, 6.45) is 1.25. The summed E-state index contributed by atoms with van der Waals surface area (Å²) in [5.41, 5.74) is 0.912. The van der Waals surface area contributed by atoms with Gasteiger partial charge in [0.15, 0.2) is 0 Å². The second kappa shape index (κ2) is 5.52. The average molecular weight is 290 g/mol. The Balaban J connectivity index is 1.91. The number of pyridine rings is 1. The molecule has 1 aromatic rings. The van der Waals surface area contributed by atoms with Crippen LogP contribution >= 0.6 is 11.6 Å². The van der Waals surface area contributed by atoms with Crippen LogP contribution in [-0.2, 0) is 16.6 Å². The Hall–Kier alpha value is -0.690. The van der Waals surface area contributed by atoms with Crippen molar-refractivity contribution in [1.29, 1.82) is 0 Å². The summed E-state index contributed by atoms with van der Waals surface area (Å²) in [4.78, 5) is 6.41. The monoisotopic (exact) mass is 289 g/mol. The van der Waals surface area contributed by atoms with Crippen molar-refractivity contribution < 1.29 is 8.42 Å². The van der Waals surface area contributed by atoms with Gasteiger partial charge in [-0.15, -0.1) is 0 Å². The van der Waals surface area contributed by atoms with Gasteiger partial charge in [-0.1, -0.05) is 17.7 Å². The number of nitrogens with zero attached hydrogens (tertiary/aromatic N) is 3. The van der Waals surface area contributed by atoms with Gasteiger partial charge in [-0.3, -0.25) is 4.90 Å². The zero-order chi connectivity index (χ0) is 13.2. The molecule has 0 N–H and O–H groups in total. The standard InChI is InChI=1S/C11H16ClN3O2S/c1-18(16,17)15-7-5-14(6-8-15)9-10-3-2-4-11(12)13-10/h2-4H,5-9H2,1H3. The molecule has 1 fully saturated rings. The molecule has 0 radical (unpaired) electrons. The lowest BCUT2D eigenvalue weighted by molar-refractivity contribution is 0.180. The normalized spacial score (nSPS) is 19.0. The molecule has 1 aliphatic rings. The topological polar surface area (TPSA) is 53.5 Å². The van der Waals surface area contributed by atoms with Crippen LogP contribution in [0.25, 0.3) is 0 Å². The van der Waals surface area contributed by atoms with Crippen molar-refractivity contribution in [1.82, 2.24) is 14.2 Å². The Labute approximate surface area is 112 Å². The molecule has 0 amide bonds. The first-order chi connectivity index (χ1) is 8.45. The smallest absolute Gasteiger partial charge is 0.211 e. The van der Waals surface area contributed by atoms with E-state index in [4.69, 9.17) is 11.6 Å². The van der Waals surface area contributed by atoms with Crippen LogP contribution in [0.2, 0.25) is 5.15 Å². The van der Waals surface area contributed by atoms with Crippen molar-refractivity contribution in [3.05, 3.63) is 29.0 Å². The molecule has 5 nitrogen and oxygen atoms in total. The molecular formula is C11H16ClN3O2S. The highest BCUT2D eigenvalue weighted by Crippen LogP contribution is 2.11. The SMILES string of the molecule is CS(=O)(=O)N1CCN(Cc2cccc(Cl)n2)CC1. The fourth-order valence-electron chi connectivity index (χ4n) is 1.99. The zero-order valence-corrected chi connectivity index (χ0v) is 11.8. The first kappa shape index (κ1) is 13.7. The van der Waals surface area contributed by atoms with E-state index in [-0.39, 0.29) is 0 Å².